The Balaban J connectivity index is 1.83. The second-order valence-corrected chi connectivity index (χ2v) is 7.85. The third-order valence-electron chi connectivity index (χ3n) is 4.12. The summed E-state index contributed by atoms with van der Waals surface area (Å²) in [5, 5.41) is 0.954. The van der Waals surface area contributed by atoms with Crippen molar-refractivity contribution in [2.45, 2.75) is 6.61 Å². The first-order chi connectivity index (χ1) is 14.0. The molecule has 0 amide bonds. The van der Waals surface area contributed by atoms with Crippen molar-refractivity contribution in [3.8, 4) is 11.5 Å². The van der Waals surface area contributed by atoms with E-state index in [1.165, 1.54) is 6.08 Å². The molecule has 0 aliphatic rings. The summed E-state index contributed by atoms with van der Waals surface area (Å²) in [5.41, 5.74) is 2.19. The van der Waals surface area contributed by atoms with Crippen LogP contribution in [-0.4, -0.2) is 12.9 Å². The van der Waals surface area contributed by atoms with Crippen molar-refractivity contribution in [1.82, 2.24) is 0 Å². The maximum atomic E-state index is 12.5. The summed E-state index contributed by atoms with van der Waals surface area (Å²) in [6.07, 6.45) is 3.23. The summed E-state index contributed by atoms with van der Waals surface area (Å²) < 4.78 is 12.3. The molecule has 3 rings (SSSR count). The number of carbonyl (C=O) groups excluding carboxylic acids is 1. The lowest BCUT2D eigenvalue weighted by molar-refractivity contribution is 0.104. The van der Waals surface area contributed by atoms with E-state index in [1.807, 2.05) is 30.3 Å². The van der Waals surface area contributed by atoms with Crippen molar-refractivity contribution in [3.63, 3.8) is 0 Å². The van der Waals surface area contributed by atoms with Gasteiger partial charge in [-0.2, -0.15) is 0 Å². The van der Waals surface area contributed by atoms with Crippen molar-refractivity contribution in [2.24, 2.45) is 0 Å². The predicted octanol–water partition coefficient (Wildman–Crippen LogP) is 7.24. The monoisotopic (exact) mass is 490 g/mol. The summed E-state index contributed by atoms with van der Waals surface area (Å²) in [7, 11) is 1.57. The molecule has 0 aliphatic heterocycles. The molecule has 0 atom stereocenters. The molecule has 0 N–H and O–H groups in total. The number of ketones is 1. The highest BCUT2D eigenvalue weighted by Gasteiger charge is 2.11. The number of halogens is 3. The van der Waals surface area contributed by atoms with Crippen LogP contribution in [-0.2, 0) is 6.61 Å². The molecule has 6 heteroatoms. The molecule has 0 unspecified atom stereocenters. The lowest BCUT2D eigenvalue weighted by Gasteiger charge is -2.14. The number of hydrogen-bond acceptors (Lipinski definition) is 3. The molecule has 0 heterocycles. The summed E-state index contributed by atoms with van der Waals surface area (Å²) in [6, 6.07) is 18.1. The standard InChI is InChI=1S/C23H17BrCl2O3/c1-28-22-7-3-4-16(9-11-21(27)17-5-2-6-18(24)13-17)23(22)29-14-15-8-10-19(25)20(26)12-15/h2-13H,14H2,1H3/b11-9+. The summed E-state index contributed by atoms with van der Waals surface area (Å²) >= 11 is 15.4. The number of carbonyl (C=O) groups is 1. The van der Waals surface area contributed by atoms with E-state index in [0.717, 1.165) is 15.6 Å². The molecule has 3 aromatic carbocycles. The third-order valence-corrected chi connectivity index (χ3v) is 5.35. The average Bonchev–Trinajstić information content (AvgIpc) is 2.72. The molecule has 0 aromatic heterocycles. The SMILES string of the molecule is COc1cccc(/C=C/C(=O)c2cccc(Br)c2)c1OCc1ccc(Cl)c(Cl)c1. The Hall–Kier alpha value is -2.27. The van der Waals surface area contributed by atoms with Gasteiger partial charge in [-0.05, 0) is 48.0 Å². The fourth-order valence-electron chi connectivity index (χ4n) is 2.67. The first kappa shape index (κ1) is 21.4. The van der Waals surface area contributed by atoms with Crippen LogP contribution >= 0.6 is 39.1 Å². The summed E-state index contributed by atoms with van der Waals surface area (Å²) in [6.45, 7) is 0.275. The number of para-hydroxylation sites is 1. The molecule has 29 heavy (non-hydrogen) atoms. The quantitative estimate of drug-likeness (QED) is 0.258. The second-order valence-electron chi connectivity index (χ2n) is 6.12. The van der Waals surface area contributed by atoms with Gasteiger partial charge in [0.15, 0.2) is 17.3 Å². The Kier molecular flexibility index (Phi) is 7.37. The van der Waals surface area contributed by atoms with Crippen LogP contribution in [0.3, 0.4) is 0 Å². The van der Waals surface area contributed by atoms with E-state index in [1.54, 1.807) is 43.5 Å². The van der Waals surface area contributed by atoms with E-state index in [9.17, 15) is 4.79 Å². The van der Waals surface area contributed by atoms with Gasteiger partial charge in [0.1, 0.15) is 6.61 Å². The Bertz CT molecular complexity index is 1060. The molecule has 3 nitrogen and oxygen atoms in total. The molecule has 0 spiro atoms. The fourth-order valence-corrected chi connectivity index (χ4v) is 3.39. The highest BCUT2D eigenvalue weighted by molar-refractivity contribution is 9.10. The number of ether oxygens (including phenoxy) is 2. The summed E-state index contributed by atoms with van der Waals surface area (Å²) in [5.74, 6) is 1.01. The maximum Gasteiger partial charge on any atom is 0.185 e. The van der Waals surface area contributed by atoms with Gasteiger partial charge < -0.3 is 9.47 Å². The van der Waals surface area contributed by atoms with Crippen molar-refractivity contribution in [3.05, 3.63) is 97.9 Å². The molecule has 0 fully saturated rings. The maximum absolute atomic E-state index is 12.5. The van der Waals surface area contributed by atoms with Crippen LogP contribution in [0, 0.1) is 0 Å². The third kappa shape index (κ3) is 5.63. The molecule has 3 aromatic rings. The second kappa shape index (κ2) is 9.97. The molecule has 0 bridgehead atoms. The van der Waals surface area contributed by atoms with E-state index in [0.29, 0.717) is 27.1 Å². The zero-order valence-corrected chi connectivity index (χ0v) is 18.6. The van der Waals surface area contributed by atoms with E-state index in [4.69, 9.17) is 32.7 Å². The van der Waals surface area contributed by atoms with Gasteiger partial charge in [-0.3, -0.25) is 4.79 Å². The van der Waals surface area contributed by atoms with Crippen LogP contribution in [0.4, 0.5) is 0 Å². The van der Waals surface area contributed by atoms with Crippen molar-refractivity contribution < 1.29 is 14.3 Å². The molecule has 0 radical (unpaired) electrons. The van der Waals surface area contributed by atoms with Crippen LogP contribution in [0.5, 0.6) is 11.5 Å². The van der Waals surface area contributed by atoms with Gasteiger partial charge in [-0.25, -0.2) is 0 Å². The van der Waals surface area contributed by atoms with Crippen LogP contribution in [0.25, 0.3) is 6.08 Å². The lowest BCUT2D eigenvalue weighted by atomic mass is 10.1. The number of methoxy groups -OCH3 is 1. The van der Waals surface area contributed by atoms with E-state index in [-0.39, 0.29) is 12.4 Å². The van der Waals surface area contributed by atoms with E-state index in [2.05, 4.69) is 15.9 Å². The minimum absolute atomic E-state index is 0.107. The van der Waals surface area contributed by atoms with E-state index < -0.39 is 0 Å². The minimum Gasteiger partial charge on any atom is -0.493 e. The van der Waals surface area contributed by atoms with E-state index >= 15 is 0 Å². The molecular weight excluding hydrogens is 475 g/mol. The Labute approximate surface area is 188 Å². The van der Waals surface area contributed by atoms with Gasteiger partial charge in [0.2, 0.25) is 0 Å². The highest BCUT2D eigenvalue weighted by Crippen LogP contribution is 2.33. The normalized spacial score (nSPS) is 10.9. The van der Waals surface area contributed by atoms with Gasteiger partial charge in [0.25, 0.3) is 0 Å². The number of benzene rings is 3. The van der Waals surface area contributed by atoms with Crippen LogP contribution in [0.15, 0.2) is 71.2 Å². The van der Waals surface area contributed by atoms with Gasteiger partial charge >= 0.3 is 0 Å². The van der Waals surface area contributed by atoms with Gasteiger partial charge in [0, 0.05) is 15.6 Å². The Morgan fingerprint density at radius 2 is 1.83 bits per heavy atom. The molecule has 0 saturated heterocycles. The number of allylic oxidation sites excluding steroid dienone is 1. The first-order valence-electron chi connectivity index (χ1n) is 8.69. The highest BCUT2D eigenvalue weighted by atomic mass is 79.9. The molecule has 0 aliphatic carbocycles. The van der Waals surface area contributed by atoms with Gasteiger partial charge in [-0.15, -0.1) is 0 Å². The van der Waals surface area contributed by atoms with Crippen molar-refractivity contribution in [2.75, 3.05) is 7.11 Å². The predicted molar refractivity (Wildman–Crippen MR) is 121 cm³/mol. The topological polar surface area (TPSA) is 35.5 Å². The minimum atomic E-state index is -0.107. The smallest absolute Gasteiger partial charge is 0.185 e. The zero-order chi connectivity index (χ0) is 20.8. The van der Waals surface area contributed by atoms with Crippen LogP contribution in [0.2, 0.25) is 10.0 Å². The number of hydrogen-bond donors (Lipinski definition) is 0. The fraction of sp³-hybridized carbons (Fsp3) is 0.0870. The number of rotatable bonds is 7. The Morgan fingerprint density at radius 1 is 1.03 bits per heavy atom. The first-order valence-corrected chi connectivity index (χ1v) is 10.2. The van der Waals surface area contributed by atoms with Crippen LogP contribution in [0.1, 0.15) is 21.5 Å². The largest absolute Gasteiger partial charge is 0.493 e. The summed E-state index contributed by atoms with van der Waals surface area (Å²) in [4.78, 5) is 12.5. The Morgan fingerprint density at radius 3 is 2.55 bits per heavy atom. The average molecular weight is 492 g/mol. The molecule has 148 valence electrons. The zero-order valence-electron chi connectivity index (χ0n) is 15.5. The van der Waals surface area contributed by atoms with Gasteiger partial charge in [0.05, 0.1) is 17.2 Å². The molecular formula is C23H17BrCl2O3. The molecule has 0 saturated carbocycles. The lowest BCUT2D eigenvalue weighted by Crippen LogP contribution is -2.00. The van der Waals surface area contributed by atoms with Crippen LogP contribution < -0.4 is 9.47 Å². The van der Waals surface area contributed by atoms with Gasteiger partial charge in [-0.1, -0.05) is 69.5 Å². The van der Waals surface area contributed by atoms with Crippen molar-refractivity contribution >= 4 is 51.0 Å². The van der Waals surface area contributed by atoms with Crippen molar-refractivity contribution in [1.29, 1.82) is 0 Å².